The smallest absolute Gasteiger partial charge is 0.305 e. The first-order valence-corrected chi connectivity index (χ1v) is 32.4. The number of nitrogens with one attached hydrogen (secondary N) is 1. The molecule has 0 radical (unpaired) electrons. The van der Waals surface area contributed by atoms with E-state index in [2.05, 4.69) is 55.6 Å². The molecule has 0 fully saturated rings. The van der Waals surface area contributed by atoms with E-state index >= 15 is 0 Å². The number of amides is 1. The molecule has 0 rings (SSSR count). The third-order valence-corrected chi connectivity index (χ3v) is 14.8. The van der Waals surface area contributed by atoms with E-state index in [0.29, 0.717) is 19.4 Å². The monoisotopic (exact) mass is 1020 g/mol. The van der Waals surface area contributed by atoms with E-state index in [-0.39, 0.29) is 18.5 Å². The molecule has 0 aromatic rings. The minimum absolute atomic E-state index is 0.0177. The number of rotatable bonds is 60. The van der Waals surface area contributed by atoms with Gasteiger partial charge >= 0.3 is 5.97 Å². The van der Waals surface area contributed by atoms with E-state index in [9.17, 15) is 19.8 Å². The van der Waals surface area contributed by atoms with E-state index in [1.807, 2.05) is 6.08 Å². The van der Waals surface area contributed by atoms with E-state index in [0.717, 1.165) is 70.6 Å². The Hall–Kier alpha value is -2.18. The quantitative estimate of drug-likeness (QED) is 0.0320. The number of esters is 1. The Morgan fingerprint density at radius 2 is 0.685 bits per heavy atom. The molecule has 0 aromatic carbocycles. The van der Waals surface area contributed by atoms with Crippen molar-refractivity contribution in [3.05, 3.63) is 48.6 Å². The van der Waals surface area contributed by atoms with Gasteiger partial charge in [-0.2, -0.15) is 0 Å². The van der Waals surface area contributed by atoms with E-state index in [1.165, 1.54) is 244 Å². The largest absolute Gasteiger partial charge is 0.466 e. The minimum Gasteiger partial charge on any atom is -0.466 e. The second-order valence-electron chi connectivity index (χ2n) is 22.1. The number of aliphatic hydroxyl groups is 2. The van der Waals surface area contributed by atoms with Gasteiger partial charge in [-0.1, -0.05) is 287 Å². The number of aliphatic hydroxyl groups excluding tert-OH is 2. The van der Waals surface area contributed by atoms with Crippen LogP contribution >= 0.6 is 0 Å². The average Bonchev–Trinajstić information content (AvgIpc) is 3.39. The SMILES string of the molecule is CCCCC/C=C\C/C=C\CCCCCCCC(=O)OCCCCCCCCC/C=C\CCCCCCCC(=O)NC(CO)C(O)/C=C/CCCCCCCCCCCCCCCCCCCCCCCCC. The molecule has 428 valence electrons. The normalized spacial score (nSPS) is 12.9. The Morgan fingerprint density at radius 1 is 0.384 bits per heavy atom. The van der Waals surface area contributed by atoms with Crippen molar-refractivity contribution in [2.75, 3.05) is 13.2 Å². The summed E-state index contributed by atoms with van der Waals surface area (Å²) >= 11 is 0. The number of hydrogen-bond acceptors (Lipinski definition) is 5. The molecule has 3 N–H and O–H groups in total. The molecule has 73 heavy (non-hydrogen) atoms. The molecular weight excluding hydrogens is 899 g/mol. The zero-order chi connectivity index (χ0) is 52.9. The highest BCUT2D eigenvalue weighted by Crippen LogP contribution is 2.17. The Balaban J connectivity index is 3.50. The van der Waals surface area contributed by atoms with Crippen LogP contribution in [0, 0.1) is 0 Å². The highest BCUT2D eigenvalue weighted by molar-refractivity contribution is 5.76. The maximum atomic E-state index is 12.5. The maximum Gasteiger partial charge on any atom is 0.305 e. The molecule has 0 spiro atoms. The van der Waals surface area contributed by atoms with E-state index in [4.69, 9.17) is 4.74 Å². The molecule has 0 aliphatic carbocycles. The van der Waals surface area contributed by atoms with Crippen LogP contribution < -0.4 is 5.32 Å². The lowest BCUT2D eigenvalue weighted by Crippen LogP contribution is -2.45. The van der Waals surface area contributed by atoms with Gasteiger partial charge in [0.25, 0.3) is 0 Å². The Morgan fingerprint density at radius 3 is 1.08 bits per heavy atom. The molecule has 2 unspecified atom stereocenters. The van der Waals surface area contributed by atoms with Crippen LogP contribution in [0.25, 0.3) is 0 Å². The predicted octanol–water partition coefficient (Wildman–Crippen LogP) is 20.5. The lowest BCUT2D eigenvalue weighted by atomic mass is 10.0. The fourth-order valence-electron chi connectivity index (χ4n) is 9.84. The third-order valence-electron chi connectivity index (χ3n) is 14.8. The van der Waals surface area contributed by atoms with Crippen molar-refractivity contribution < 1.29 is 24.5 Å². The molecule has 2 atom stereocenters. The van der Waals surface area contributed by atoms with E-state index in [1.54, 1.807) is 6.08 Å². The highest BCUT2D eigenvalue weighted by atomic mass is 16.5. The van der Waals surface area contributed by atoms with Gasteiger partial charge in [-0.15, -0.1) is 0 Å². The molecule has 0 aliphatic heterocycles. The van der Waals surface area contributed by atoms with Gasteiger partial charge in [0.2, 0.25) is 5.91 Å². The number of ether oxygens (including phenoxy) is 1. The van der Waals surface area contributed by atoms with Crippen LogP contribution in [0.4, 0.5) is 0 Å². The molecule has 0 bridgehead atoms. The number of unbranched alkanes of at least 4 members (excludes halogenated alkanes) is 43. The number of carbonyl (C=O) groups excluding carboxylic acids is 2. The van der Waals surface area contributed by atoms with Crippen LogP contribution in [-0.2, 0) is 14.3 Å². The van der Waals surface area contributed by atoms with Gasteiger partial charge in [-0.3, -0.25) is 9.59 Å². The summed E-state index contributed by atoms with van der Waals surface area (Å²) in [6.07, 6.45) is 80.1. The van der Waals surface area contributed by atoms with Crippen molar-refractivity contribution in [3.8, 4) is 0 Å². The van der Waals surface area contributed by atoms with Gasteiger partial charge in [0.05, 0.1) is 25.4 Å². The van der Waals surface area contributed by atoms with Crippen molar-refractivity contribution in [1.29, 1.82) is 0 Å². The van der Waals surface area contributed by atoms with E-state index < -0.39 is 12.1 Å². The summed E-state index contributed by atoms with van der Waals surface area (Å²) < 4.78 is 5.47. The van der Waals surface area contributed by atoms with Gasteiger partial charge < -0.3 is 20.3 Å². The molecule has 1 amide bonds. The molecule has 0 aromatic heterocycles. The predicted molar refractivity (Wildman–Crippen MR) is 319 cm³/mol. The number of hydrogen-bond donors (Lipinski definition) is 3. The molecule has 6 heteroatoms. The fraction of sp³-hybridized carbons (Fsp3) is 0.851. The average molecular weight is 1020 g/mol. The van der Waals surface area contributed by atoms with Gasteiger partial charge in [0, 0.05) is 12.8 Å². The Labute approximate surface area is 455 Å². The lowest BCUT2D eigenvalue weighted by molar-refractivity contribution is -0.143. The first-order chi connectivity index (χ1) is 36.0. The summed E-state index contributed by atoms with van der Waals surface area (Å²) in [6, 6.07) is -0.643. The number of carbonyl (C=O) groups is 2. The topological polar surface area (TPSA) is 95.9 Å². The van der Waals surface area contributed by atoms with Crippen molar-refractivity contribution in [2.45, 2.75) is 353 Å². The van der Waals surface area contributed by atoms with Crippen molar-refractivity contribution in [2.24, 2.45) is 0 Å². The maximum absolute atomic E-state index is 12.5. The summed E-state index contributed by atoms with van der Waals surface area (Å²) in [4.78, 5) is 24.6. The number of allylic oxidation sites excluding steroid dienone is 7. The van der Waals surface area contributed by atoms with Crippen LogP contribution in [0.5, 0.6) is 0 Å². The highest BCUT2D eigenvalue weighted by Gasteiger charge is 2.18. The van der Waals surface area contributed by atoms with Gasteiger partial charge in [-0.05, 0) is 89.9 Å². The van der Waals surface area contributed by atoms with Crippen LogP contribution in [0.15, 0.2) is 48.6 Å². The summed E-state index contributed by atoms with van der Waals surface area (Å²) in [5.74, 6) is -0.101. The lowest BCUT2D eigenvalue weighted by Gasteiger charge is -2.20. The molecule has 6 nitrogen and oxygen atoms in total. The summed E-state index contributed by atoms with van der Waals surface area (Å²) in [5, 5.41) is 23.2. The van der Waals surface area contributed by atoms with Gasteiger partial charge in [-0.25, -0.2) is 0 Å². The molecule has 0 saturated carbocycles. The standard InChI is InChI=1S/C67H125NO5/c1-3-5-7-9-11-13-15-17-19-20-21-22-23-24-25-26-27-28-32-35-39-43-47-51-55-59-65(70)64(63-69)68-66(71)60-56-52-48-44-40-36-33-29-30-34-38-42-46-50-54-58-62-73-67(72)61-57-53-49-45-41-37-31-18-16-14-12-10-8-6-4-2/h12,14,18,29,31,33,55,59,64-65,69-70H,3-11,13,15-17,19-28,30,32,34-54,56-58,60-63H2,1-2H3,(H,68,71)/b14-12-,31-18-,33-29-,59-55+. The zero-order valence-corrected chi connectivity index (χ0v) is 48.9. The van der Waals surface area contributed by atoms with Crippen LogP contribution in [-0.4, -0.2) is 47.4 Å². The van der Waals surface area contributed by atoms with Crippen molar-refractivity contribution >= 4 is 11.9 Å². The second-order valence-corrected chi connectivity index (χ2v) is 22.1. The second kappa shape index (κ2) is 62.4. The fourth-order valence-corrected chi connectivity index (χ4v) is 9.84. The zero-order valence-electron chi connectivity index (χ0n) is 48.9. The first kappa shape index (κ1) is 70.8. The van der Waals surface area contributed by atoms with Crippen LogP contribution in [0.1, 0.15) is 341 Å². The first-order valence-electron chi connectivity index (χ1n) is 32.4. The summed E-state index contributed by atoms with van der Waals surface area (Å²) in [7, 11) is 0. The Kier molecular flexibility index (Phi) is 60.5. The van der Waals surface area contributed by atoms with Gasteiger partial charge in [0.15, 0.2) is 0 Å². The molecule has 0 heterocycles. The molecule has 0 aliphatic rings. The third kappa shape index (κ3) is 58.9. The van der Waals surface area contributed by atoms with Gasteiger partial charge in [0.1, 0.15) is 0 Å². The molecular formula is C67H125NO5. The summed E-state index contributed by atoms with van der Waals surface area (Å²) in [5.41, 5.74) is 0. The van der Waals surface area contributed by atoms with Crippen LogP contribution in [0.2, 0.25) is 0 Å². The Bertz CT molecular complexity index is 1230. The van der Waals surface area contributed by atoms with Crippen molar-refractivity contribution in [1.82, 2.24) is 5.32 Å². The summed E-state index contributed by atoms with van der Waals surface area (Å²) in [6.45, 7) is 4.86. The van der Waals surface area contributed by atoms with Crippen LogP contribution in [0.3, 0.4) is 0 Å². The van der Waals surface area contributed by atoms with Crippen molar-refractivity contribution in [3.63, 3.8) is 0 Å². The minimum atomic E-state index is -0.858. The molecule has 0 saturated heterocycles.